The van der Waals surface area contributed by atoms with Gasteiger partial charge < -0.3 is 9.47 Å². The number of methoxy groups -OCH3 is 1. The smallest absolute Gasteiger partial charge is 0.438 e. The van der Waals surface area contributed by atoms with E-state index < -0.39 is 6.16 Å². The molecule has 0 aliphatic heterocycles. The van der Waals surface area contributed by atoms with Crippen molar-refractivity contribution >= 4 is 6.16 Å². The van der Waals surface area contributed by atoms with Gasteiger partial charge in [0, 0.05) is 0 Å². The van der Waals surface area contributed by atoms with Crippen LogP contribution in [-0.4, -0.2) is 19.4 Å². The maximum Gasteiger partial charge on any atom is 0.508 e. The number of aryl methyl sites for hydroxylation is 1. The highest BCUT2D eigenvalue weighted by molar-refractivity contribution is 5.60. The summed E-state index contributed by atoms with van der Waals surface area (Å²) in [6.45, 7) is 0. The Balaban J connectivity index is 1.83. The van der Waals surface area contributed by atoms with Crippen molar-refractivity contribution in [3.8, 4) is 0 Å². The normalized spacial score (nSPS) is 18.2. The highest BCUT2D eigenvalue weighted by Crippen LogP contribution is 2.26. The molecule has 0 spiro atoms. The van der Waals surface area contributed by atoms with E-state index in [4.69, 9.17) is 4.74 Å². The molecule has 0 aromatic heterocycles. The summed E-state index contributed by atoms with van der Waals surface area (Å²) in [5.41, 5.74) is 2.60. The fourth-order valence-electron chi connectivity index (χ4n) is 2.61. The van der Waals surface area contributed by atoms with Gasteiger partial charge in [0.1, 0.15) is 6.10 Å². The molecule has 3 nitrogen and oxygen atoms in total. The van der Waals surface area contributed by atoms with Crippen LogP contribution in [0.25, 0.3) is 0 Å². The van der Waals surface area contributed by atoms with Crippen LogP contribution in [0, 0.1) is 0 Å². The van der Waals surface area contributed by atoms with Crippen molar-refractivity contribution in [3.05, 3.63) is 47.5 Å². The van der Waals surface area contributed by atoms with Crippen LogP contribution >= 0.6 is 0 Å². The quantitative estimate of drug-likeness (QED) is 0.594. The molecule has 0 saturated carbocycles. The summed E-state index contributed by atoms with van der Waals surface area (Å²) >= 11 is 0. The molecular formula is C17H22O3. The first-order chi connectivity index (χ1) is 9.79. The van der Waals surface area contributed by atoms with Gasteiger partial charge in [-0.25, -0.2) is 4.79 Å². The molecule has 0 heterocycles. The van der Waals surface area contributed by atoms with Gasteiger partial charge in [-0.1, -0.05) is 36.4 Å². The molecule has 0 fully saturated rings. The molecule has 1 aromatic carbocycles. The van der Waals surface area contributed by atoms with Gasteiger partial charge in [-0.3, -0.25) is 0 Å². The molecule has 108 valence electrons. The Labute approximate surface area is 120 Å². The maximum absolute atomic E-state index is 11.2. The van der Waals surface area contributed by atoms with Crippen LogP contribution in [0.4, 0.5) is 4.79 Å². The van der Waals surface area contributed by atoms with Crippen LogP contribution < -0.4 is 0 Å². The fraction of sp³-hybridized carbons (Fsp3) is 0.471. The first-order valence-electron chi connectivity index (χ1n) is 7.27. The second-order valence-corrected chi connectivity index (χ2v) is 5.11. The molecule has 2 rings (SSSR count). The van der Waals surface area contributed by atoms with Gasteiger partial charge >= 0.3 is 6.16 Å². The number of carbonyl (C=O) groups excluding carboxylic acids is 1. The SMILES string of the molecule is COC(=O)OC1CCCC=C1CCCc1ccccc1. The lowest BCUT2D eigenvalue weighted by Crippen LogP contribution is -2.22. The van der Waals surface area contributed by atoms with Crippen LogP contribution in [-0.2, 0) is 15.9 Å². The molecule has 0 bridgehead atoms. The van der Waals surface area contributed by atoms with E-state index in [1.165, 1.54) is 18.2 Å². The largest absolute Gasteiger partial charge is 0.508 e. The summed E-state index contributed by atoms with van der Waals surface area (Å²) in [6, 6.07) is 10.5. The third-order valence-corrected chi connectivity index (χ3v) is 3.67. The minimum Gasteiger partial charge on any atom is -0.438 e. The van der Waals surface area contributed by atoms with Crippen LogP contribution in [0.2, 0.25) is 0 Å². The van der Waals surface area contributed by atoms with E-state index in [1.807, 2.05) is 6.07 Å². The third kappa shape index (κ3) is 4.41. The summed E-state index contributed by atoms with van der Waals surface area (Å²) in [5.74, 6) is 0. The molecular weight excluding hydrogens is 252 g/mol. The molecule has 1 aromatic rings. The van der Waals surface area contributed by atoms with Gasteiger partial charge in [0.15, 0.2) is 0 Å². The van der Waals surface area contributed by atoms with Crippen LogP contribution in [0.15, 0.2) is 42.0 Å². The average Bonchev–Trinajstić information content (AvgIpc) is 2.50. The number of allylic oxidation sites excluding steroid dienone is 1. The van der Waals surface area contributed by atoms with Crippen molar-refractivity contribution in [2.75, 3.05) is 7.11 Å². The van der Waals surface area contributed by atoms with E-state index in [0.717, 1.165) is 38.5 Å². The molecule has 0 radical (unpaired) electrons. The second kappa shape index (κ2) is 7.73. The minimum atomic E-state index is -0.578. The number of rotatable bonds is 5. The molecule has 0 N–H and O–H groups in total. The fourth-order valence-corrected chi connectivity index (χ4v) is 2.61. The molecule has 1 aliphatic carbocycles. The van der Waals surface area contributed by atoms with E-state index in [2.05, 4.69) is 35.1 Å². The molecule has 20 heavy (non-hydrogen) atoms. The summed E-state index contributed by atoms with van der Waals surface area (Å²) in [4.78, 5) is 11.2. The Morgan fingerprint density at radius 1 is 1.25 bits per heavy atom. The van der Waals surface area contributed by atoms with E-state index >= 15 is 0 Å². The highest BCUT2D eigenvalue weighted by atomic mass is 16.7. The Morgan fingerprint density at radius 2 is 2.05 bits per heavy atom. The lowest BCUT2D eigenvalue weighted by molar-refractivity contribution is 0.0429. The standard InChI is InChI=1S/C17H22O3/c1-19-17(18)20-16-13-6-5-11-15(16)12-7-10-14-8-3-2-4-9-14/h2-4,8-9,11,16H,5-7,10,12-13H2,1H3. The zero-order chi connectivity index (χ0) is 14.2. The zero-order valence-electron chi connectivity index (χ0n) is 12.0. The average molecular weight is 274 g/mol. The van der Waals surface area contributed by atoms with E-state index in [1.54, 1.807) is 0 Å². The zero-order valence-corrected chi connectivity index (χ0v) is 12.0. The highest BCUT2D eigenvalue weighted by Gasteiger charge is 2.21. The van der Waals surface area contributed by atoms with Gasteiger partial charge in [-0.15, -0.1) is 0 Å². The van der Waals surface area contributed by atoms with Crippen molar-refractivity contribution in [2.45, 2.75) is 44.6 Å². The van der Waals surface area contributed by atoms with Crippen molar-refractivity contribution in [3.63, 3.8) is 0 Å². The summed E-state index contributed by atoms with van der Waals surface area (Å²) < 4.78 is 9.91. The van der Waals surface area contributed by atoms with Crippen molar-refractivity contribution in [1.29, 1.82) is 0 Å². The second-order valence-electron chi connectivity index (χ2n) is 5.11. The Hall–Kier alpha value is -1.77. The molecule has 1 aliphatic rings. The number of carbonyl (C=O) groups is 1. The minimum absolute atomic E-state index is 0.0908. The van der Waals surface area contributed by atoms with E-state index in [9.17, 15) is 4.79 Å². The maximum atomic E-state index is 11.2. The van der Waals surface area contributed by atoms with Crippen molar-refractivity contribution in [2.24, 2.45) is 0 Å². The monoisotopic (exact) mass is 274 g/mol. The van der Waals surface area contributed by atoms with Crippen molar-refractivity contribution < 1.29 is 14.3 Å². The van der Waals surface area contributed by atoms with Crippen LogP contribution in [0.3, 0.4) is 0 Å². The number of hydrogen-bond acceptors (Lipinski definition) is 3. The summed E-state index contributed by atoms with van der Waals surface area (Å²) in [7, 11) is 1.35. The first-order valence-corrected chi connectivity index (χ1v) is 7.27. The summed E-state index contributed by atoms with van der Waals surface area (Å²) in [6.07, 6.45) is 7.74. The predicted molar refractivity (Wildman–Crippen MR) is 78.6 cm³/mol. The van der Waals surface area contributed by atoms with E-state index in [-0.39, 0.29) is 6.10 Å². The first kappa shape index (κ1) is 14.6. The third-order valence-electron chi connectivity index (χ3n) is 3.67. The Kier molecular flexibility index (Phi) is 5.66. The van der Waals surface area contributed by atoms with E-state index in [0.29, 0.717) is 0 Å². The van der Waals surface area contributed by atoms with Gasteiger partial charge in [-0.05, 0) is 49.7 Å². The topological polar surface area (TPSA) is 35.5 Å². The number of hydrogen-bond donors (Lipinski definition) is 0. The lowest BCUT2D eigenvalue weighted by atomic mass is 9.92. The molecule has 3 heteroatoms. The predicted octanol–water partition coefficient (Wildman–Crippen LogP) is 4.27. The lowest BCUT2D eigenvalue weighted by Gasteiger charge is -2.23. The van der Waals surface area contributed by atoms with Crippen LogP contribution in [0.5, 0.6) is 0 Å². The number of ether oxygens (including phenoxy) is 2. The van der Waals surface area contributed by atoms with Crippen LogP contribution in [0.1, 0.15) is 37.7 Å². The molecule has 0 amide bonds. The Morgan fingerprint density at radius 3 is 2.80 bits per heavy atom. The van der Waals surface area contributed by atoms with Gasteiger partial charge in [0.25, 0.3) is 0 Å². The molecule has 1 atom stereocenters. The van der Waals surface area contributed by atoms with Crippen molar-refractivity contribution in [1.82, 2.24) is 0 Å². The van der Waals surface area contributed by atoms with Gasteiger partial charge in [0.05, 0.1) is 7.11 Å². The molecule has 0 saturated heterocycles. The summed E-state index contributed by atoms with van der Waals surface area (Å²) in [5, 5.41) is 0. The van der Waals surface area contributed by atoms with Gasteiger partial charge in [-0.2, -0.15) is 0 Å². The Bertz CT molecular complexity index is 451. The van der Waals surface area contributed by atoms with Gasteiger partial charge in [0.2, 0.25) is 0 Å². The molecule has 1 unspecified atom stereocenters. The number of benzene rings is 1.